The molecule has 0 aliphatic heterocycles. The van der Waals surface area contributed by atoms with Gasteiger partial charge in [0.15, 0.2) is 5.82 Å². The third-order valence-corrected chi connectivity index (χ3v) is 6.54. The molecule has 0 aliphatic carbocycles. The van der Waals surface area contributed by atoms with Crippen molar-refractivity contribution in [1.29, 1.82) is 0 Å². The lowest BCUT2D eigenvalue weighted by atomic mass is 10.3. The number of carbonyl (C=O) groups is 1. The maximum atomic E-state index is 12.9. The Morgan fingerprint density at radius 3 is 2.56 bits per heavy atom. The molecule has 1 heterocycles. The van der Waals surface area contributed by atoms with E-state index in [-0.39, 0.29) is 15.9 Å². The van der Waals surface area contributed by atoms with Gasteiger partial charge in [0.25, 0.3) is 0 Å². The zero-order valence-corrected chi connectivity index (χ0v) is 20.3. The molecule has 1 aromatic carbocycles. The molecule has 13 heteroatoms. The number of hydrogen-bond acceptors (Lipinski definition) is 7. The maximum absolute atomic E-state index is 12.9. The van der Waals surface area contributed by atoms with Gasteiger partial charge in [0.05, 0.1) is 35.4 Å². The van der Waals surface area contributed by atoms with Gasteiger partial charge in [0.2, 0.25) is 10.0 Å². The van der Waals surface area contributed by atoms with Crippen molar-refractivity contribution in [3.05, 3.63) is 29.0 Å². The number of amides is 2. The Morgan fingerprint density at radius 2 is 2.00 bits per heavy atom. The zero-order chi connectivity index (χ0) is 23.9. The molecule has 2 amide bonds. The Labute approximate surface area is 193 Å². The van der Waals surface area contributed by atoms with Gasteiger partial charge in [-0.15, -0.1) is 5.10 Å². The summed E-state index contributed by atoms with van der Waals surface area (Å²) in [5, 5.41) is 10.7. The molecular formula is C19H29ClN6O5S. The number of anilines is 1. The van der Waals surface area contributed by atoms with Crippen molar-refractivity contribution in [1.82, 2.24) is 24.4 Å². The minimum absolute atomic E-state index is 0.0476. The minimum Gasteiger partial charge on any atom is -0.467 e. The Balaban J connectivity index is 2.17. The molecule has 0 aliphatic rings. The minimum atomic E-state index is -3.93. The van der Waals surface area contributed by atoms with Crippen LogP contribution in [0.3, 0.4) is 0 Å². The van der Waals surface area contributed by atoms with Crippen LogP contribution in [0.5, 0.6) is 6.01 Å². The number of benzene rings is 1. The van der Waals surface area contributed by atoms with Crippen LogP contribution >= 0.6 is 11.6 Å². The van der Waals surface area contributed by atoms with Crippen molar-refractivity contribution in [2.45, 2.75) is 38.3 Å². The first-order valence-corrected chi connectivity index (χ1v) is 11.9. The predicted molar refractivity (Wildman–Crippen MR) is 121 cm³/mol. The fourth-order valence-corrected chi connectivity index (χ4v) is 4.51. The third kappa shape index (κ3) is 6.09. The van der Waals surface area contributed by atoms with E-state index in [1.165, 1.54) is 25.3 Å². The Kier molecular flexibility index (Phi) is 9.25. The van der Waals surface area contributed by atoms with E-state index in [4.69, 9.17) is 21.1 Å². The van der Waals surface area contributed by atoms with E-state index in [2.05, 4.69) is 20.2 Å². The summed E-state index contributed by atoms with van der Waals surface area (Å²) in [4.78, 5) is 13.9. The highest BCUT2D eigenvalue weighted by atomic mass is 35.5. The van der Waals surface area contributed by atoms with Crippen LogP contribution in [-0.2, 0) is 21.3 Å². The first kappa shape index (κ1) is 25.8. The van der Waals surface area contributed by atoms with E-state index in [0.29, 0.717) is 43.8 Å². The Bertz CT molecular complexity index is 1030. The molecule has 2 N–H and O–H groups in total. The summed E-state index contributed by atoms with van der Waals surface area (Å²) >= 11 is 6.26. The van der Waals surface area contributed by atoms with Gasteiger partial charge in [0.1, 0.15) is 0 Å². The molecule has 1 aromatic heterocycles. The predicted octanol–water partition coefficient (Wildman–Crippen LogP) is 2.50. The van der Waals surface area contributed by atoms with Gasteiger partial charge in [0, 0.05) is 26.7 Å². The molecule has 0 radical (unpaired) electrons. The van der Waals surface area contributed by atoms with Crippen LogP contribution in [0.4, 0.5) is 10.5 Å². The fourth-order valence-electron chi connectivity index (χ4n) is 2.99. The molecule has 0 spiro atoms. The van der Waals surface area contributed by atoms with Gasteiger partial charge in [-0.05, 0) is 39.0 Å². The number of ether oxygens (including phenoxy) is 2. The number of hydrogen-bond donors (Lipinski definition) is 2. The number of nitrogens with zero attached hydrogens (tertiary/aromatic N) is 4. The summed E-state index contributed by atoms with van der Waals surface area (Å²) in [7, 11) is -0.905. The van der Waals surface area contributed by atoms with E-state index in [1.54, 1.807) is 23.5 Å². The second-order valence-corrected chi connectivity index (χ2v) is 8.90. The first-order valence-electron chi connectivity index (χ1n) is 10.0. The molecule has 0 saturated carbocycles. The molecule has 1 atom stereocenters. The van der Waals surface area contributed by atoms with Gasteiger partial charge in [-0.25, -0.2) is 17.9 Å². The topological polar surface area (TPSA) is 128 Å². The lowest BCUT2D eigenvalue weighted by Crippen LogP contribution is -2.37. The Hall–Kier alpha value is -2.41. The molecule has 0 saturated heterocycles. The van der Waals surface area contributed by atoms with Crippen LogP contribution in [0, 0.1) is 0 Å². The highest BCUT2D eigenvalue weighted by Gasteiger charge is 2.24. The van der Waals surface area contributed by atoms with Crippen molar-refractivity contribution in [2.75, 3.05) is 39.2 Å². The van der Waals surface area contributed by atoms with Gasteiger partial charge >= 0.3 is 12.0 Å². The number of halogens is 1. The molecule has 0 unspecified atom stereocenters. The molecule has 2 rings (SSSR count). The van der Waals surface area contributed by atoms with Gasteiger partial charge in [-0.1, -0.05) is 16.7 Å². The number of likely N-dealkylation sites (N-methyl/N-ethyl adjacent to an activating group) is 1. The summed E-state index contributed by atoms with van der Waals surface area (Å²) in [5.74, 6) is 0.415. The van der Waals surface area contributed by atoms with Crippen molar-refractivity contribution in [3.8, 4) is 6.01 Å². The second kappa shape index (κ2) is 11.5. The highest BCUT2D eigenvalue weighted by molar-refractivity contribution is 7.89. The van der Waals surface area contributed by atoms with Gasteiger partial charge in [-0.2, -0.15) is 0 Å². The lowest BCUT2D eigenvalue weighted by molar-refractivity contribution is 0.157. The van der Waals surface area contributed by atoms with Crippen LogP contribution in [0.25, 0.3) is 0 Å². The number of aromatic nitrogens is 3. The molecule has 0 fully saturated rings. The number of carbonyl (C=O) groups excluding carboxylic acids is 1. The van der Waals surface area contributed by atoms with Crippen LogP contribution in [-0.4, -0.2) is 68.0 Å². The fraction of sp³-hybridized carbons (Fsp3) is 0.526. The molecule has 178 valence electrons. The number of nitrogens with one attached hydrogen (secondary N) is 2. The van der Waals surface area contributed by atoms with Crippen LogP contribution < -0.4 is 14.8 Å². The van der Waals surface area contributed by atoms with E-state index in [9.17, 15) is 13.2 Å². The van der Waals surface area contributed by atoms with Crippen molar-refractivity contribution >= 4 is 33.3 Å². The van der Waals surface area contributed by atoms with Gasteiger partial charge in [-0.3, -0.25) is 4.57 Å². The van der Waals surface area contributed by atoms with Crippen LogP contribution in [0.2, 0.25) is 5.02 Å². The summed E-state index contributed by atoms with van der Waals surface area (Å²) < 4.78 is 40.1. The largest absolute Gasteiger partial charge is 0.467 e. The quantitative estimate of drug-likeness (QED) is 0.497. The number of sulfonamides is 1. The molecule has 32 heavy (non-hydrogen) atoms. The van der Waals surface area contributed by atoms with Crippen LogP contribution in [0.1, 0.15) is 32.6 Å². The Morgan fingerprint density at radius 1 is 1.28 bits per heavy atom. The smallest absolute Gasteiger partial charge is 0.321 e. The van der Waals surface area contributed by atoms with Gasteiger partial charge < -0.3 is 19.7 Å². The maximum Gasteiger partial charge on any atom is 0.321 e. The number of urea groups is 1. The zero-order valence-electron chi connectivity index (χ0n) is 18.8. The van der Waals surface area contributed by atoms with Crippen molar-refractivity contribution in [2.24, 2.45) is 0 Å². The standard InChI is InChI=1S/C19H29ClN6O5S/c1-6-25(10-11-30-4)18(27)21-16-9-8-14(12-15(16)20)32(28,29)24-13(3)17-22-23-19(31-5)26(17)7-2/h8-9,12-13,24H,6-7,10-11H2,1-5H3,(H,21,27)/t13-/m1/s1. The van der Waals surface area contributed by atoms with E-state index in [1.807, 2.05) is 13.8 Å². The number of rotatable bonds is 11. The third-order valence-electron chi connectivity index (χ3n) is 4.69. The monoisotopic (exact) mass is 488 g/mol. The van der Waals surface area contributed by atoms with E-state index < -0.39 is 16.1 Å². The normalized spacial score (nSPS) is 12.4. The molecule has 0 bridgehead atoms. The molecule has 2 aromatic rings. The van der Waals surface area contributed by atoms with Crippen LogP contribution in [0.15, 0.2) is 23.1 Å². The number of methoxy groups -OCH3 is 2. The summed E-state index contributed by atoms with van der Waals surface area (Å²) in [5.41, 5.74) is 0.301. The molecule has 11 nitrogen and oxygen atoms in total. The van der Waals surface area contributed by atoms with Crippen molar-refractivity contribution < 1.29 is 22.7 Å². The highest BCUT2D eigenvalue weighted by Crippen LogP contribution is 2.27. The SMILES string of the molecule is CCN(CCOC)C(=O)Nc1ccc(S(=O)(=O)N[C@H](C)c2nnc(OC)n2CC)cc1Cl. The average Bonchev–Trinajstić information content (AvgIpc) is 3.18. The summed E-state index contributed by atoms with van der Waals surface area (Å²) in [6, 6.07) is 3.36. The molecular weight excluding hydrogens is 460 g/mol. The summed E-state index contributed by atoms with van der Waals surface area (Å²) in [6.45, 7) is 7.17. The first-order chi connectivity index (χ1) is 15.2. The van der Waals surface area contributed by atoms with E-state index >= 15 is 0 Å². The second-order valence-electron chi connectivity index (χ2n) is 6.78. The van der Waals surface area contributed by atoms with E-state index in [0.717, 1.165) is 0 Å². The average molecular weight is 489 g/mol. The van der Waals surface area contributed by atoms with Crippen molar-refractivity contribution in [3.63, 3.8) is 0 Å². The summed E-state index contributed by atoms with van der Waals surface area (Å²) in [6.07, 6.45) is 0. The lowest BCUT2D eigenvalue weighted by Gasteiger charge is -2.21.